The van der Waals surface area contributed by atoms with E-state index in [-0.39, 0.29) is 41.9 Å². The molecule has 3 amide bonds. The van der Waals surface area contributed by atoms with Gasteiger partial charge in [0, 0.05) is 37.7 Å². The van der Waals surface area contributed by atoms with Crippen LogP contribution in [0, 0.1) is 18.8 Å². The third-order valence-corrected chi connectivity index (χ3v) is 9.68. The second-order valence-electron chi connectivity index (χ2n) is 11.4. The summed E-state index contributed by atoms with van der Waals surface area (Å²) in [5.41, 5.74) is 3.48. The SMILES string of the molecule is CCN(C(=O)Cn1c(C(=O)CC2CCC(C(=O)NCCCCCNC(=O)CBr)CC2)cc2sccc21)c1cccc(C)c1. The highest BCUT2D eigenvalue weighted by Crippen LogP contribution is 2.33. The van der Waals surface area contributed by atoms with E-state index in [1.165, 1.54) is 0 Å². The second kappa shape index (κ2) is 16.2. The highest BCUT2D eigenvalue weighted by atomic mass is 79.9. The van der Waals surface area contributed by atoms with Crippen molar-refractivity contribution < 1.29 is 19.2 Å². The van der Waals surface area contributed by atoms with Gasteiger partial charge in [-0.05, 0) is 99.9 Å². The number of carbonyl (C=O) groups is 4. The lowest BCUT2D eigenvalue weighted by Gasteiger charge is -2.27. The summed E-state index contributed by atoms with van der Waals surface area (Å²) in [6, 6.07) is 11.9. The summed E-state index contributed by atoms with van der Waals surface area (Å²) >= 11 is 4.71. The zero-order valence-electron chi connectivity index (χ0n) is 25.2. The van der Waals surface area contributed by atoms with Crippen molar-refractivity contribution in [1.82, 2.24) is 15.2 Å². The third kappa shape index (κ3) is 9.01. The Bertz CT molecular complexity index is 1410. The molecule has 0 unspecified atom stereocenters. The normalized spacial score (nSPS) is 16.6. The van der Waals surface area contributed by atoms with Crippen LogP contribution in [0.3, 0.4) is 0 Å². The van der Waals surface area contributed by atoms with Crippen molar-refractivity contribution in [2.24, 2.45) is 11.8 Å². The van der Waals surface area contributed by atoms with Crippen LogP contribution in [0.15, 0.2) is 41.8 Å². The minimum atomic E-state index is -0.0428. The molecule has 1 saturated carbocycles. The van der Waals surface area contributed by atoms with Gasteiger partial charge >= 0.3 is 0 Å². The number of anilines is 1. The number of ketones is 1. The summed E-state index contributed by atoms with van der Waals surface area (Å²) in [6.07, 6.45) is 6.45. The average molecular weight is 672 g/mol. The number of likely N-dealkylation sites (N-methyl/N-ethyl adjacent to an activating group) is 1. The van der Waals surface area contributed by atoms with Crippen molar-refractivity contribution in [3.8, 4) is 0 Å². The Morgan fingerprint density at radius 2 is 1.74 bits per heavy atom. The van der Waals surface area contributed by atoms with Gasteiger partial charge in [-0.3, -0.25) is 19.2 Å². The molecule has 1 aliphatic carbocycles. The number of nitrogens with zero attached hydrogens (tertiary/aromatic N) is 2. The average Bonchev–Trinajstić information content (AvgIpc) is 3.60. The quantitative estimate of drug-likeness (QED) is 0.114. The largest absolute Gasteiger partial charge is 0.356 e. The van der Waals surface area contributed by atoms with Gasteiger partial charge < -0.3 is 20.1 Å². The Hall–Kier alpha value is -2.98. The number of amides is 3. The first-order chi connectivity index (χ1) is 20.8. The van der Waals surface area contributed by atoms with E-state index in [1.807, 2.05) is 60.2 Å². The van der Waals surface area contributed by atoms with E-state index < -0.39 is 0 Å². The summed E-state index contributed by atoms with van der Waals surface area (Å²) in [5.74, 6) is 0.362. The molecule has 1 aromatic carbocycles. The molecule has 0 saturated heterocycles. The lowest BCUT2D eigenvalue weighted by Crippen LogP contribution is -2.35. The fraction of sp³-hybridized carbons (Fsp3) is 0.515. The van der Waals surface area contributed by atoms with Crippen LogP contribution in [0.4, 0.5) is 5.69 Å². The van der Waals surface area contributed by atoms with E-state index in [1.54, 1.807) is 16.2 Å². The summed E-state index contributed by atoms with van der Waals surface area (Å²) in [6.45, 7) is 5.95. The van der Waals surface area contributed by atoms with Gasteiger partial charge in [-0.25, -0.2) is 0 Å². The van der Waals surface area contributed by atoms with Crippen molar-refractivity contribution in [1.29, 1.82) is 0 Å². The first-order valence-corrected chi connectivity index (χ1v) is 17.4. The number of carbonyl (C=O) groups excluding carboxylic acids is 4. The summed E-state index contributed by atoms with van der Waals surface area (Å²) in [5, 5.41) is 8.21. The van der Waals surface area contributed by atoms with Crippen molar-refractivity contribution in [2.45, 2.75) is 71.8 Å². The topological polar surface area (TPSA) is 101 Å². The first kappa shape index (κ1) is 32.9. The number of rotatable bonds is 15. The van der Waals surface area contributed by atoms with E-state index in [2.05, 4.69) is 26.6 Å². The molecule has 0 bridgehead atoms. The van der Waals surface area contributed by atoms with E-state index in [4.69, 9.17) is 0 Å². The molecule has 1 fully saturated rings. The molecule has 8 nitrogen and oxygen atoms in total. The number of aryl methyl sites for hydroxylation is 1. The number of benzene rings is 1. The van der Waals surface area contributed by atoms with Crippen LogP contribution in [0.5, 0.6) is 0 Å². The number of thiophene rings is 1. The summed E-state index contributed by atoms with van der Waals surface area (Å²) < 4.78 is 2.91. The molecule has 4 rings (SSSR count). The minimum absolute atomic E-state index is 0.00181. The summed E-state index contributed by atoms with van der Waals surface area (Å²) in [7, 11) is 0. The molecular formula is C33H43BrN4O4S. The molecule has 2 heterocycles. The smallest absolute Gasteiger partial charge is 0.246 e. The Balaban J connectivity index is 1.27. The van der Waals surface area contributed by atoms with Crippen molar-refractivity contribution in [3.63, 3.8) is 0 Å². The number of unbranched alkanes of at least 4 members (excludes halogenated alkanes) is 2. The van der Waals surface area contributed by atoms with Crippen LogP contribution in [0.1, 0.15) is 74.3 Å². The van der Waals surface area contributed by atoms with Crippen LogP contribution >= 0.6 is 27.3 Å². The Kier molecular flexibility index (Phi) is 12.4. The standard InChI is InChI=1S/C33H43BrN4O4S/c1-3-37(26-9-7-8-23(2)18-26)32(41)22-38-27-14-17-43-30(27)20-28(38)29(39)19-24-10-12-25(13-11-24)33(42)36-16-6-4-5-15-35-31(40)21-34/h7-9,14,17-18,20,24-25H,3-6,10-13,15-16,19,21-22H2,1-2H3,(H,35,40)(H,36,42). The minimum Gasteiger partial charge on any atom is -0.356 e. The molecule has 1 aliphatic rings. The van der Waals surface area contributed by atoms with Gasteiger partial charge in [0.15, 0.2) is 5.78 Å². The van der Waals surface area contributed by atoms with Crippen LogP contribution in [0.2, 0.25) is 0 Å². The molecule has 10 heteroatoms. The lowest BCUT2D eigenvalue weighted by atomic mass is 9.79. The molecular weight excluding hydrogens is 628 g/mol. The lowest BCUT2D eigenvalue weighted by molar-refractivity contribution is -0.126. The van der Waals surface area contributed by atoms with Crippen LogP contribution < -0.4 is 15.5 Å². The zero-order valence-corrected chi connectivity index (χ0v) is 27.6. The number of alkyl halides is 1. The van der Waals surface area contributed by atoms with E-state index >= 15 is 0 Å². The van der Waals surface area contributed by atoms with Gasteiger partial charge in [-0.2, -0.15) is 0 Å². The van der Waals surface area contributed by atoms with Gasteiger partial charge in [-0.1, -0.05) is 28.1 Å². The highest BCUT2D eigenvalue weighted by molar-refractivity contribution is 9.09. The highest BCUT2D eigenvalue weighted by Gasteiger charge is 2.29. The van der Waals surface area contributed by atoms with Gasteiger partial charge in [0.2, 0.25) is 17.7 Å². The Morgan fingerprint density at radius 3 is 2.44 bits per heavy atom. The maximum atomic E-state index is 13.6. The van der Waals surface area contributed by atoms with Crippen molar-refractivity contribution in [2.75, 3.05) is 29.9 Å². The third-order valence-electron chi connectivity index (χ3n) is 8.32. The predicted octanol–water partition coefficient (Wildman–Crippen LogP) is 6.24. The molecule has 2 aromatic heterocycles. The number of aromatic nitrogens is 1. The van der Waals surface area contributed by atoms with Gasteiger partial charge in [0.25, 0.3) is 0 Å². The summed E-state index contributed by atoms with van der Waals surface area (Å²) in [4.78, 5) is 52.8. The monoisotopic (exact) mass is 670 g/mol. The number of hydrogen-bond acceptors (Lipinski definition) is 5. The molecule has 232 valence electrons. The number of fused-ring (bicyclic) bond motifs is 1. The Labute approximate surface area is 266 Å². The van der Waals surface area contributed by atoms with E-state index in [9.17, 15) is 19.2 Å². The number of halogens is 1. The fourth-order valence-electron chi connectivity index (χ4n) is 5.95. The molecule has 0 spiro atoms. The number of nitrogens with one attached hydrogen (secondary N) is 2. The number of hydrogen-bond donors (Lipinski definition) is 2. The first-order valence-electron chi connectivity index (χ1n) is 15.4. The maximum absolute atomic E-state index is 13.6. The molecule has 0 aliphatic heterocycles. The fourth-order valence-corrected chi connectivity index (χ4v) is 6.97. The molecule has 3 aromatic rings. The van der Waals surface area contributed by atoms with E-state index in [0.717, 1.165) is 66.4 Å². The molecule has 0 radical (unpaired) electrons. The van der Waals surface area contributed by atoms with Gasteiger partial charge in [0.05, 0.1) is 21.2 Å². The number of Topliss-reactive ketones (excluding diaryl/α,β-unsaturated/α-hetero) is 1. The van der Waals surface area contributed by atoms with E-state index in [0.29, 0.717) is 37.1 Å². The predicted molar refractivity (Wildman–Crippen MR) is 177 cm³/mol. The molecule has 2 N–H and O–H groups in total. The Morgan fingerprint density at radius 1 is 1.00 bits per heavy atom. The van der Waals surface area contributed by atoms with Gasteiger partial charge in [0.1, 0.15) is 6.54 Å². The van der Waals surface area contributed by atoms with Crippen LogP contribution in [-0.4, -0.2) is 53.0 Å². The maximum Gasteiger partial charge on any atom is 0.246 e. The van der Waals surface area contributed by atoms with Crippen molar-refractivity contribution >= 4 is 66.7 Å². The zero-order chi connectivity index (χ0) is 30.8. The van der Waals surface area contributed by atoms with Crippen LogP contribution in [0.25, 0.3) is 10.2 Å². The van der Waals surface area contributed by atoms with Gasteiger partial charge in [-0.15, -0.1) is 11.3 Å². The molecule has 0 atom stereocenters. The molecule has 43 heavy (non-hydrogen) atoms. The van der Waals surface area contributed by atoms with Crippen molar-refractivity contribution in [3.05, 3.63) is 53.0 Å². The second-order valence-corrected chi connectivity index (χ2v) is 13.0. The van der Waals surface area contributed by atoms with Crippen LogP contribution in [-0.2, 0) is 20.9 Å².